The Morgan fingerprint density at radius 2 is 2.03 bits per heavy atom. The lowest BCUT2D eigenvalue weighted by molar-refractivity contribution is -0.384. The molecule has 2 aromatic carbocycles. The van der Waals surface area contributed by atoms with Crippen molar-refractivity contribution >= 4 is 45.7 Å². The van der Waals surface area contributed by atoms with Crippen molar-refractivity contribution in [3.8, 4) is 5.88 Å². The van der Waals surface area contributed by atoms with E-state index in [1.54, 1.807) is 18.2 Å². The SMILES string of the molecule is O=C(CCCNC(=O)c1cccc([N+](=O)[O-])c1)N=Nc1c(O)[nH]c2ccc(Cl)cc12. The van der Waals surface area contributed by atoms with Gasteiger partial charge >= 0.3 is 0 Å². The molecule has 1 aromatic heterocycles. The van der Waals surface area contributed by atoms with Gasteiger partial charge in [-0.2, -0.15) is 0 Å². The van der Waals surface area contributed by atoms with E-state index in [2.05, 4.69) is 20.5 Å². The normalized spacial score (nSPS) is 11.1. The second-order valence-corrected chi connectivity index (χ2v) is 6.71. The average Bonchev–Trinajstić information content (AvgIpc) is 3.03. The Morgan fingerprint density at radius 1 is 1.23 bits per heavy atom. The second kappa shape index (κ2) is 9.14. The van der Waals surface area contributed by atoms with E-state index in [4.69, 9.17) is 11.6 Å². The molecule has 0 radical (unpaired) electrons. The predicted octanol–water partition coefficient (Wildman–Crippen LogP) is 4.26. The quantitative estimate of drug-likeness (QED) is 0.222. The third-order valence-electron chi connectivity index (χ3n) is 4.15. The first kappa shape index (κ1) is 20.9. The van der Waals surface area contributed by atoms with E-state index in [-0.39, 0.29) is 35.8 Å². The number of nitrogens with zero attached hydrogens (tertiary/aromatic N) is 3. The van der Waals surface area contributed by atoms with Gasteiger partial charge in [0.1, 0.15) is 0 Å². The van der Waals surface area contributed by atoms with Gasteiger partial charge in [-0.15, -0.1) is 10.2 Å². The van der Waals surface area contributed by atoms with Gasteiger partial charge in [0.25, 0.3) is 17.5 Å². The molecule has 3 rings (SSSR count). The van der Waals surface area contributed by atoms with E-state index >= 15 is 0 Å². The van der Waals surface area contributed by atoms with Crippen LogP contribution < -0.4 is 5.32 Å². The number of carbonyl (C=O) groups excluding carboxylic acids is 2. The summed E-state index contributed by atoms with van der Waals surface area (Å²) in [5, 5.41) is 31.6. The molecule has 0 spiro atoms. The zero-order valence-corrected chi connectivity index (χ0v) is 16.2. The number of benzene rings is 2. The van der Waals surface area contributed by atoms with E-state index in [1.807, 2.05) is 0 Å². The van der Waals surface area contributed by atoms with Crippen molar-refractivity contribution in [3.63, 3.8) is 0 Å². The largest absolute Gasteiger partial charge is 0.493 e. The van der Waals surface area contributed by atoms with Gasteiger partial charge in [-0.3, -0.25) is 19.7 Å². The van der Waals surface area contributed by atoms with Gasteiger partial charge in [-0.1, -0.05) is 17.7 Å². The molecule has 0 aliphatic rings. The van der Waals surface area contributed by atoms with Crippen molar-refractivity contribution in [1.29, 1.82) is 0 Å². The fourth-order valence-corrected chi connectivity index (χ4v) is 2.87. The summed E-state index contributed by atoms with van der Waals surface area (Å²) >= 11 is 5.94. The number of amides is 2. The molecular formula is C19H16ClN5O5. The number of nitro benzene ring substituents is 1. The smallest absolute Gasteiger partial charge is 0.270 e. The lowest BCUT2D eigenvalue weighted by atomic mass is 10.2. The first-order chi connectivity index (χ1) is 14.3. The molecule has 0 aliphatic carbocycles. The zero-order chi connectivity index (χ0) is 21.7. The summed E-state index contributed by atoms with van der Waals surface area (Å²) < 4.78 is 0. The molecule has 0 saturated carbocycles. The van der Waals surface area contributed by atoms with Crippen molar-refractivity contribution in [1.82, 2.24) is 10.3 Å². The van der Waals surface area contributed by atoms with Gasteiger partial charge in [0.15, 0.2) is 5.69 Å². The Hall–Kier alpha value is -3.79. The minimum atomic E-state index is -0.583. The van der Waals surface area contributed by atoms with Crippen LogP contribution in [-0.4, -0.2) is 33.4 Å². The number of hydrogen-bond donors (Lipinski definition) is 3. The molecule has 30 heavy (non-hydrogen) atoms. The molecule has 3 N–H and O–H groups in total. The highest BCUT2D eigenvalue weighted by atomic mass is 35.5. The first-order valence-corrected chi connectivity index (χ1v) is 9.20. The van der Waals surface area contributed by atoms with Crippen LogP contribution in [-0.2, 0) is 4.79 Å². The molecule has 10 nitrogen and oxygen atoms in total. The lowest BCUT2D eigenvalue weighted by Gasteiger charge is -2.04. The lowest BCUT2D eigenvalue weighted by Crippen LogP contribution is -2.24. The summed E-state index contributed by atoms with van der Waals surface area (Å²) in [6.45, 7) is 0.177. The minimum absolute atomic E-state index is 0.0165. The maximum atomic E-state index is 12.0. The van der Waals surface area contributed by atoms with Crippen LogP contribution in [0.1, 0.15) is 23.2 Å². The van der Waals surface area contributed by atoms with Crippen LogP contribution in [0, 0.1) is 10.1 Å². The third-order valence-corrected chi connectivity index (χ3v) is 4.38. The number of rotatable bonds is 7. The number of H-pyrrole nitrogens is 1. The molecule has 0 bridgehead atoms. The highest BCUT2D eigenvalue weighted by Gasteiger charge is 2.13. The highest BCUT2D eigenvalue weighted by molar-refractivity contribution is 6.31. The Labute approximate surface area is 174 Å². The van der Waals surface area contributed by atoms with Gasteiger partial charge in [0, 0.05) is 41.1 Å². The van der Waals surface area contributed by atoms with Gasteiger partial charge in [0.05, 0.1) is 10.4 Å². The monoisotopic (exact) mass is 429 g/mol. The van der Waals surface area contributed by atoms with Crippen LogP contribution in [0.3, 0.4) is 0 Å². The van der Waals surface area contributed by atoms with Gasteiger partial charge in [-0.25, -0.2) is 0 Å². The summed E-state index contributed by atoms with van der Waals surface area (Å²) in [6, 6.07) is 10.3. The number of aromatic amines is 1. The molecule has 0 atom stereocenters. The van der Waals surface area contributed by atoms with Crippen molar-refractivity contribution in [2.45, 2.75) is 12.8 Å². The van der Waals surface area contributed by atoms with E-state index in [0.717, 1.165) is 0 Å². The number of aromatic hydroxyl groups is 1. The van der Waals surface area contributed by atoms with Crippen molar-refractivity contribution in [3.05, 3.63) is 63.2 Å². The molecular weight excluding hydrogens is 414 g/mol. The summed E-state index contributed by atoms with van der Waals surface area (Å²) in [7, 11) is 0. The highest BCUT2D eigenvalue weighted by Crippen LogP contribution is 2.36. The van der Waals surface area contributed by atoms with Crippen LogP contribution in [0.5, 0.6) is 5.88 Å². The maximum absolute atomic E-state index is 12.0. The molecule has 0 saturated heterocycles. The zero-order valence-electron chi connectivity index (χ0n) is 15.5. The van der Waals surface area contributed by atoms with E-state index in [1.165, 1.54) is 24.3 Å². The molecule has 0 aliphatic heterocycles. The fourth-order valence-electron chi connectivity index (χ4n) is 2.70. The van der Waals surface area contributed by atoms with Gasteiger partial charge < -0.3 is 15.4 Å². The van der Waals surface area contributed by atoms with Crippen molar-refractivity contribution in [2.75, 3.05) is 6.54 Å². The average molecular weight is 430 g/mol. The molecule has 3 aromatic rings. The van der Waals surface area contributed by atoms with Crippen LogP contribution >= 0.6 is 11.6 Å². The molecule has 11 heteroatoms. The summed E-state index contributed by atoms with van der Waals surface area (Å²) in [5.74, 6) is -1.24. The van der Waals surface area contributed by atoms with Crippen LogP contribution in [0.15, 0.2) is 52.7 Å². The van der Waals surface area contributed by atoms with Crippen molar-refractivity contribution in [2.24, 2.45) is 10.2 Å². The Balaban J connectivity index is 1.51. The van der Waals surface area contributed by atoms with Crippen LogP contribution in [0.4, 0.5) is 11.4 Å². The topological polar surface area (TPSA) is 150 Å². The van der Waals surface area contributed by atoms with Gasteiger partial charge in [-0.05, 0) is 30.7 Å². The van der Waals surface area contributed by atoms with Crippen LogP contribution in [0.2, 0.25) is 5.02 Å². The van der Waals surface area contributed by atoms with E-state index < -0.39 is 16.7 Å². The Kier molecular flexibility index (Phi) is 6.38. The van der Waals surface area contributed by atoms with Crippen LogP contribution in [0.25, 0.3) is 10.9 Å². The number of hydrogen-bond acceptors (Lipinski definition) is 6. The maximum Gasteiger partial charge on any atom is 0.270 e. The Bertz CT molecular complexity index is 1160. The van der Waals surface area contributed by atoms with Crippen molar-refractivity contribution < 1.29 is 19.6 Å². The number of fused-ring (bicyclic) bond motifs is 1. The number of halogens is 1. The molecule has 2 amide bonds. The number of nitrogens with one attached hydrogen (secondary N) is 2. The summed E-state index contributed by atoms with van der Waals surface area (Å²) in [6.07, 6.45) is 0.312. The standard InChI is InChI=1S/C19H16ClN5O5/c20-12-6-7-15-14(10-12)17(19(28)22-15)24-23-16(26)5-2-8-21-18(27)11-3-1-4-13(9-11)25(29)30/h1,3-4,6-7,9-10,22,28H,2,5,8H2,(H,21,27). The number of aromatic nitrogens is 1. The minimum Gasteiger partial charge on any atom is -0.493 e. The van der Waals surface area contributed by atoms with E-state index in [9.17, 15) is 24.8 Å². The first-order valence-electron chi connectivity index (χ1n) is 8.82. The predicted molar refractivity (Wildman–Crippen MR) is 109 cm³/mol. The summed E-state index contributed by atoms with van der Waals surface area (Å²) in [5.41, 5.74) is 0.686. The molecule has 0 fully saturated rings. The van der Waals surface area contributed by atoms with Gasteiger partial charge in [0.2, 0.25) is 5.88 Å². The molecule has 1 heterocycles. The number of azo groups is 1. The number of carbonyl (C=O) groups is 2. The van der Waals surface area contributed by atoms with E-state index in [0.29, 0.717) is 22.3 Å². The Morgan fingerprint density at radius 3 is 2.80 bits per heavy atom. The summed E-state index contributed by atoms with van der Waals surface area (Å²) in [4.78, 5) is 36.8. The second-order valence-electron chi connectivity index (χ2n) is 6.27. The molecule has 0 unspecified atom stereocenters. The fraction of sp³-hybridized carbons (Fsp3) is 0.158. The molecule has 154 valence electrons. The number of non-ortho nitro benzene ring substituents is 1. The third kappa shape index (κ3) is 4.97. The number of nitro groups is 1.